The molecule has 6 nitrogen and oxygen atoms in total. The molecule has 24 heavy (non-hydrogen) atoms. The van der Waals surface area contributed by atoms with Gasteiger partial charge < -0.3 is 15.2 Å². The highest BCUT2D eigenvalue weighted by molar-refractivity contribution is 7.80. The Hall–Kier alpha value is -2.67. The summed E-state index contributed by atoms with van der Waals surface area (Å²) in [6, 6.07) is 10.1. The van der Waals surface area contributed by atoms with Gasteiger partial charge in [0, 0.05) is 18.3 Å². The van der Waals surface area contributed by atoms with Crippen LogP contribution in [0.1, 0.15) is 22.6 Å². The zero-order valence-electron chi connectivity index (χ0n) is 13.6. The molecule has 3 rings (SSSR count). The number of anilines is 1. The standard InChI is InChI=1S/C17H19N5OS/c1-12-16(13(2)23-21-12)11-22-10-15(9-19-22)20-17(24)18-8-14-6-4-3-5-7-14/h3-7,9-10H,8,11H2,1-2H3,(H2,18,20,24). The Bertz CT molecular complexity index is 805. The number of aryl methyl sites for hydroxylation is 2. The molecule has 0 atom stereocenters. The van der Waals surface area contributed by atoms with Crippen molar-refractivity contribution in [2.75, 3.05) is 5.32 Å². The molecule has 0 amide bonds. The minimum Gasteiger partial charge on any atom is -0.361 e. The second-order valence-electron chi connectivity index (χ2n) is 5.52. The third-order valence-electron chi connectivity index (χ3n) is 3.69. The molecule has 0 aliphatic heterocycles. The maximum atomic E-state index is 5.32. The minimum atomic E-state index is 0.566. The van der Waals surface area contributed by atoms with E-state index >= 15 is 0 Å². The van der Waals surface area contributed by atoms with E-state index in [-0.39, 0.29) is 0 Å². The second kappa shape index (κ2) is 7.27. The normalized spacial score (nSPS) is 10.6. The number of hydrogen-bond donors (Lipinski definition) is 2. The summed E-state index contributed by atoms with van der Waals surface area (Å²) in [6.07, 6.45) is 3.65. The van der Waals surface area contributed by atoms with E-state index in [9.17, 15) is 0 Å². The summed E-state index contributed by atoms with van der Waals surface area (Å²) in [5.41, 5.74) is 3.95. The monoisotopic (exact) mass is 341 g/mol. The summed E-state index contributed by atoms with van der Waals surface area (Å²) >= 11 is 5.32. The second-order valence-corrected chi connectivity index (χ2v) is 5.93. The SMILES string of the molecule is Cc1noc(C)c1Cn1cc(NC(=S)NCc2ccccc2)cn1. The minimum absolute atomic E-state index is 0.566. The van der Waals surface area contributed by atoms with Gasteiger partial charge in [-0.25, -0.2) is 0 Å². The summed E-state index contributed by atoms with van der Waals surface area (Å²) in [5, 5.41) is 15.2. The van der Waals surface area contributed by atoms with Crippen LogP contribution in [0.25, 0.3) is 0 Å². The van der Waals surface area contributed by atoms with Crippen molar-refractivity contribution in [3.8, 4) is 0 Å². The van der Waals surface area contributed by atoms with Gasteiger partial charge in [-0.3, -0.25) is 4.68 Å². The number of aromatic nitrogens is 3. The number of thiocarbonyl (C=S) groups is 1. The third-order valence-corrected chi connectivity index (χ3v) is 3.93. The molecular weight excluding hydrogens is 322 g/mol. The molecule has 1 aromatic carbocycles. The molecule has 2 heterocycles. The van der Waals surface area contributed by atoms with Crippen molar-refractivity contribution in [3.05, 3.63) is 65.3 Å². The summed E-state index contributed by atoms with van der Waals surface area (Å²) < 4.78 is 7.00. The molecule has 0 aliphatic carbocycles. The molecule has 0 saturated carbocycles. The van der Waals surface area contributed by atoms with E-state index < -0.39 is 0 Å². The van der Waals surface area contributed by atoms with Gasteiger partial charge in [-0.05, 0) is 31.6 Å². The van der Waals surface area contributed by atoms with Gasteiger partial charge in [0.05, 0.1) is 24.1 Å². The maximum absolute atomic E-state index is 5.32. The average molecular weight is 341 g/mol. The van der Waals surface area contributed by atoms with E-state index in [0.717, 1.165) is 22.7 Å². The topological polar surface area (TPSA) is 67.9 Å². The van der Waals surface area contributed by atoms with Gasteiger partial charge in [-0.2, -0.15) is 5.10 Å². The lowest BCUT2D eigenvalue weighted by Gasteiger charge is -2.08. The molecule has 0 unspecified atom stereocenters. The highest BCUT2D eigenvalue weighted by Gasteiger charge is 2.10. The van der Waals surface area contributed by atoms with Crippen LogP contribution in [-0.4, -0.2) is 20.0 Å². The van der Waals surface area contributed by atoms with Gasteiger partial charge in [0.2, 0.25) is 0 Å². The van der Waals surface area contributed by atoms with Crippen LogP contribution in [-0.2, 0) is 13.1 Å². The fourth-order valence-corrected chi connectivity index (χ4v) is 2.55. The van der Waals surface area contributed by atoms with Crippen LogP contribution in [0, 0.1) is 13.8 Å². The molecule has 3 aromatic rings. The van der Waals surface area contributed by atoms with Crippen molar-refractivity contribution >= 4 is 23.0 Å². The number of benzene rings is 1. The molecular formula is C17H19N5OS. The van der Waals surface area contributed by atoms with Gasteiger partial charge in [0.15, 0.2) is 5.11 Å². The Balaban J connectivity index is 1.55. The lowest BCUT2D eigenvalue weighted by atomic mass is 10.2. The predicted octanol–water partition coefficient (Wildman–Crippen LogP) is 3.02. The smallest absolute Gasteiger partial charge is 0.171 e. The Morgan fingerprint density at radius 3 is 2.75 bits per heavy atom. The summed E-state index contributed by atoms with van der Waals surface area (Å²) in [6.45, 7) is 5.13. The molecule has 0 spiro atoms. The highest BCUT2D eigenvalue weighted by Crippen LogP contribution is 2.15. The van der Waals surface area contributed by atoms with Crippen molar-refractivity contribution in [1.82, 2.24) is 20.3 Å². The quantitative estimate of drug-likeness (QED) is 0.695. The van der Waals surface area contributed by atoms with Crippen LogP contribution in [0.5, 0.6) is 0 Å². The van der Waals surface area contributed by atoms with Crippen LogP contribution >= 0.6 is 12.2 Å². The van der Waals surface area contributed by atoms with E-state index in [1.165, 1.54) is 5.56 Å². The van der Waals surface area contributed by atoms with E-state index in [1.54, 1.807) is 6.20 Å². The first kappa shape index (κ1) is 16.2. The predicted molar refractivity (Wildman–Crippen MR) is 96.8 cm³/mol. The maximum Gasteiger partial charge on any atom is 0.171 e. The van der Waals surface area contributed by atoms with Crippen molar-refractivity contribution < 1.29 is 4.52 Å². The van der Waals surface area contributed by atoms with Gasteiger partial charge >= 0.3 is 0 Å². The zero-order valence-corrected chi connectivity index (χ0v) is 14.4. The number of nitrogens with zero attached hydrogens (tertiary/aromatic N) is 3. The van der Waals surface area contributed by atoms with Gasteiger partial charge in [-0.15, -0.1) is 0 Å². The lowest BCUT2D eigenvalue weighted by molar-refractivity contribution is 0.391. The van der Waals surface area contributed by atoms with Crippen molar-refractivity contribution in [3.63, 3.8) is 0 Å². The zero-order chi connectivity index (χ0) is 16.9. The lowest BCUT2D eigenvalue weighted by Crippen LogP contribution is -2.27. The van der Waals surface area contributed by atoms with Crippen LogP contribution < -0.4 is 10.6 Å². The van der Waals surface area contributed by atoms with Crippen molar-refractivity contribution in [1.29, 1.82) is 0 Å². The van der Waals surface area contributed by atoms with Crippen LogP contribution in [0.2, 0.25) is 0 Å². The fraction of sp³-hybridized carbons (Fsp3) is 0.235. The Kier molecular flexibility index (Phi) is 4.90. The van der Waals surface area contributed by atoms with Crippen LogP contribution in [0.15, 0.2) is 47.2 Å². The van der Waals surface area contributed by atoms with E-state index in [2.05, 4.69) is 33.0 Å². The average Bonchev–Trinajstić information content (AvgIpc) is 3.15. The van der Waals surface area contributed by atoms with E-state index in [4.69, 9.17) is 16.7 Å². The molecule has 0 saturated heterocycles. The molecule has 0 aliphatic rings. The molecule has 0 bridgehead atoms. The van der Waals surface area contributed by atoms with Gasteiger partial charge in [-0.1, -0.05) is 35.5 Å². The first-order valence-electron chi connectivity index (χ1n) is 7.65. The summed E-state index contributed by atoms with van der Waals surface area (Å²) in [5.74, 6) is 0.817. The van der Waals surface area contributed by atoms with E-state index in [0.29, 0.717) is 18.2 Å². The Morgan fingerprint density at radius 2 is 2.04 bits per heavy atom. The van der Waals surface area contributed by atoms with Crippen LogP contribution in [0.4, 0.5) is 5.69 Å². The molecule has 124 valence electrons. The molecule has 7 heteroatoms. The Labute approximate surface area is 145 Å². The van der Waals surface area contributed by atoms with Crippen molar-refractivity contribution in [2.45, 2.75) is 26.9 Å². The number of nitrogens with one attached hydrogen (secondary N) is 2. The summed E-state index contributed by atoms with van der Waals surface area (Å²) in [4.78, 5) is 0. The van der Waals surface area contributed by atoms with E-state index in [1.807, 2.05) is 42.9 Å². The summed E-state index contributed by atoms with van der Waals surface area (Å²) in [7, 11) is 0. The Morgan fingerprint density at radius 1 is 1.25 bits per heavy atom. The first-order chi connectivity index (χ1) is 11.6. The van der Waals surface area contributed by atoms with Crippen LogP contribution in [0.3, 0.4) is 0 Å². The van der Waals surface area contributed by atoms with Gasteiger partial charge in [0.1, 0.15) is 5.76 Å². The molecule has 0 radical (unpaired) electrons. The van der Waals surface area contributed by atoms with Gasteiger partial charge in [0.25, 0.3) is 0 Å². The highest BCUT2D eigenvalue weighted by atomic mass is 32.1. The number of rotatable bonds is 5. The largest absolute Gasteiger partial charge is 0.361 e. The van der Waals surface area contributed by atoms with Crippen molar-refractivity contribution in [2.24, 2.45) is 0 Å². The number of hydrogen-bond acceptors (Lipinski definition) is 4. The fourth-order valence-electron chi connectivity index (χ4n) is 2.36. The first-order valence-corrected chi connectivity index (χ1v) is 8.05. The molecule has 2 aromatic heterocycles. The third kappa shape index (κ3) is 3.99. The molecule has 0 fully saturated rings. The molecule has 2 N–H and O–H groups in total.